The van der Waals surface area contributed by atoms with Gasteiger partial charge >= 0.3 is 5.97 Å². The standard InChI is InChI=1S/C17H15NO4/c19-16(20)7-4-10-21-13-8-9-15-14(11-13)18-17(22-15)12-5-2-1-3-6-12/h1-3,5-6,8-9,11H,4,7,10H2,(H,19,20). The lowest BCUT2D eigenvalue weighted by atomic mass is 10.2. The normalized spacial score (nSPS) is 10.7. The first-order chi connectivity index (χ1) is 10.7. The molecule has 3 rings (SSSR count). The molecule has 5 nitrogen and oxygen atoms in total. The number of hydrogen-bond donors (Lipinski definition) is 1. The Kier molecular flexibility index (Phi) is 4.05. The van der Waals surface area contributed by atoms with E-state index in [1.54, 1.807) is 18.2 Å². The molecule has 0 atom stereocenters. The summed E-state index contributed by atoms with van der Waals surface area (Å²) in [4.78, 5) is 14.9. The van der Waals surface area contributed by atoms with Crippen molar-refractivity contribution in [2.24, 2.45) is 0 Å². The van der Waals surface area contributed by atoms with Crippen LogP contribution in [0.4, 0.5) is 0 Å². The van der Waals surface area contributed by atoms with Crippen LogP contribution in [0.1, 0.15) is 12.8 Å². The highest BCUT2D eigenvalue weighted by Crippen LogP contribution is 2.26. The second-order valence-electron chi connectivity index (χ2n) is 4.86. The molecule has 1 heterocycles. The molecule has 0 radical (unpaired) electrons. The van der Waals surface area contributed by atoms with Crippen LogP contribution < -0.4 is 4.74 Å². The summed E-state index contributed by atoms with van der Waals surface area (Å²) < 4.78 is 11.3. The smallest absolute Gasteiger partial charge is 0.303 e. The number of nitrogens with zero attached hydrogens (tertiary/aromatic N) is 1. The Labute approximate surface area is 127 Å². The Morgan fingerprint density at radius 1 is 1.18 bits per heavy atom. The van der Waals surface area contributed by atoms with Gasteiger partial charge in [0.25, 0.3) is 0 Å². The van der Waals surface area contributed by atoms with E-state index in [0.29, 0.717) is 30.3 Å². The summed E-state index contributed by atoms with van der Waals surface area (Å²) in [6, 6.07) is 15.1. The number of aromatic nitrogens is 1. The zero-order chi connectivity index (χ0) is 15.4. The fraction of sp³-hybridized carbons (Fsp3) is 0.176. The fourth-order valence-electron chi connectivity index (χ4n) is 2.11. The van der Waals surface area contributed by atoms with E-state index in [-0.39, 0.29) is 6.42 Å². The number of carbonyl (C=O) groups is 1. The summed E-state index contributed by atoms with van der Waals surface area (Å²) in [5.41, 5.74) is 2.33. The number of carboxylic acids is 1. The van der Waals surface area contributed by atoms with E-state index < -0.39 is 5.97 Å². The van der Waals surface area contributed by atoms with Crippen molar-refractivity contribution in [3.05, 3.63) is 48.5 Å². The molecule has 0 aliphatic rings. The lowest BCUT2D eigenvalue weighted by Crippen LogP contribution is -2.01. The van der Waals surface area contributed by atoms with Crippen LogP contribution in [0, 0.1) is 0 Å². The largest absolute Gasteiger partial charge is 0.493 e. The Balaban J connectivity index is 1.74. The van der Waals surface area contributed by atoms with Gasteiger partial charge in [-0.1, -0.05) is 18.2 Å². The molecule has 0 spiro atoms. The summed E-state index contributed by atoms with van der Waals surface area (Å²) in [5, 5.41) is 8.59. The molecule has 0 saturated carbocycles. The number of aliphatic carboxylic acids is 1. The van der Waals surface area contributed by atoms with E-state index in [1.807, 2.05) is 30.3 Å². The van der Waals surface area contributed by atoms with Crippen molar-refractivity contribution in [2.75, 3.05) is 6.61 Å². The third-order valence-electron chi connectivity index (χ3n) is 3.18. The van der Waals surface area contributed by atoms with Crippen LogP contribution in [0.5, 0.6) is 5.75 Å². The molecular formula is C17H15NO4. The van der Waals surface area contributed by atoms with Gasteiger partial charge in [-0.2, -0.15) is 0 Å². The second-order valence-corrected chi connectivity index (χ2v) is 4.86. The van der Waals surface area contributed by atoms with Gasteiger partial charge < -0.3 is 14.3 Å². The molecular weight excluding hydrogens is 282 g/mol. The number of carboxylic acid groups (broad SMARTS) is 1. The maximum Gasteiger partial charge on any atom is 0.303 e. The van der Waals surface area contributed by atoms with Gasteiger partial charge in [-0.25, -0.2) is 4.98 Å². The Bertz CT molecular complexity index is 780. The van der Waals surface area contributed by atoms with Crippen molar-refractivity contribution in [2.45, 2.75) is 12.8 Å². The van der Waals surface area contributed by atoms with Crippen LogP contribution in [0.3, 0.4) is 0 Å². The van der Waals surface area contributed by atoms with Crippen LogP contribution in [0.2, 0.25) is 0 Å². The van der Waals surface area contributed by atoms with Crippen LogP contribution in [-0.4, -0.2) is 22.7 Å². The van der Waals surface area contributed by atoms with E-state index in [4.69, 9.17) is 14.3 Å². The number of benzene rings is 2. The first kappa shape index (κ1) is 14.1. The van der Waals surface area contributed by atoms with Gasteiger partial charge in [0, 0.05) is 18.1 Å². The highest BCUT2D eigenvalue weighted by Gasteiger charge is 2.08. The van der Waals surface area contributed by atoms with Gasteiger partial charge in [0.05, 0.1) is 6.61 Å². The highest BCUT2D eigenvalue weighted by atomic mass is 16.5. The zero-order valence-corrected chi connectivity index (χ0v) is 11.9. The predicted molar refractivity (Wildman–Crippen MR) is 81.8 cm³/mol. The predicted octanol–water partition coefficient (Wildman–Crippen LogP) is 3.74. The molecule has 0 fully saturated rings. The van der Waals surface area contributed by atoms with Crippen LogP contribution in [0.15, 0.2) is 52.9 Å². The van der Waals surface area contributed by atoms with Gasteiger partial charge in [0.1, 0.15) is 11.3 Å². The minimum Gasteiger partial charge on any atom is -0.493 e. The van der Waals surface area contributed by atoms with Crippen LogP contribution in [-0.2, 0) is 4.79 Å². The maximum atomic E-state index is 10.4. The van der Waals surface area contributed by atoms with E-state index in [1.165, 1.54) is 0 Å². The lowest BCUT2D eigenvalue weighted by Gasteiger charge is -2.04. The summed E-state index contributed by atoms with van der Waals surface area (Å²) in [6.07, 6.45) is 0.575. The number of oxazole rings is 1. The second kappa shape index (κ2) is 6.30. The molecule has 1 aromatic heterocycles. The lowest BCUT2D eigenvalue weighted by molar-refractivity contribution is -0.137. The number of fused-ring (bicyclic) bond motifs is 1. The van der Waals surface area contributed by atoms with Gasteiger partial charge in [0.2, 0.25) is 5.89 Å². The summed E-state index contributed by atoms with van der Waals surface area (Å²) >= 11 is 0. The van der Waals surface area contributed by atoms with Crippen molar-refractivity contribution in [3.8, 4) is 17.2 Å². The molecule has 0 aliphatic heterocycles. The SMILES string of the molecule is O=C(O)CCCOc1ccc2oc(-c3ccccc3)nc2c1. The number of hydrogen-bond acceptors (Lipinski definition) is 4. The molecule has 3 aromatic rings. The number of ether oxygens (including phenoxy) is 1. The van der Waals surface area contributed by atoms with E-state index in [0.717, 1.165) is 11.1 Å². The van der Waals surface area contributed by atoms with E-state index in [9.17, 15) is 4.79 Å². The monoisotopic (exact) mass is 297 g/mol. The molecule has 22 heavy (non-hydrogen) atoms. The first-order valence-corrected chi connectivity index (χ1v) is 7.03. The molecule has 0 unspecified atom stereocenters. The summed E-state index contributed by atoms with van der Waals surface area (Å²) in [5.74, 6) is 0.410. The quantitative estimate of drug-likeness (QED) is 0.702. The molecule has 0 saturated heterocycles. The minimum absolute atomic E-state index is 0.102. The van der Waals surface area contributed by atoms with Crippen LogP contribution >= 0.6 is 0 Å². The summed E-state index contributed by atoms with van der Waals surface area (Å²) in [6.45, 7) is 0.362. The fourth-order valence-corrected chi connectivity index (χ4v) is 2.11. The molecule has 0 aliphatic carbocycles. The van der Waals surface area contributed by atoms with Crippen molar-refractivity contribution in [1.82, 2.24) is 4.98 Å². The molecule has 1 N–H and O–H groups in total. The topological polar surface area (TPSA) is 72.6 Å². The van der Waals surface area contributed by atoms with Crippen LogP contribution in [0.25, 0.3) is 22.6 Å². The van der Waals surface area contributed by atoms with Gasteiger partial charge in [-0.3, -0.25) is 4.79 Å². The average molecular weight is 297 g/mol. The Morgan fingerprint density at radius 2 is 2.00 bits per heavy atom. The van der Waals surface area contributed by atoms with Gasteiger partial charge in [-0.05, 0) is 30.7 Å². The minimum atomic E-state index is -0.817. The molecule has 2 aromatic carbocycles. The highest BCUT2D eigenvalue weighted by molar-refractivity contribution is 5.77. The molecule has 5 heteroatoms. The Hall–Kier alpha value is -2.82. The third-order valence-corrected chi connectivity index (χ3v) is 3.18. The molecule has 112 valence electrons. The van der Waals surface area contributed by atoms with Gasteiger partial charge in [-0.15, -0.1) is 0 Å². The summed E-state index contributed by atoms with van der Waals surface area (Å²) in [7, 11) is 0. The van der Waals surface area contributed by atoms with Gasteiger partial charge in [0.15, 0.2) is 5.58 Å². The third kappa shape index (κ3) is 3.25. The maximum absolute atomic E-state index is 10.4. The zero-order valence-electron chi connectivity index (χ0n) is 11.9. The molecule has 0 amide bonds. The number of rotatable bonds is 6. The van der Waals surface area contributed by atoms with Crippen molar-refractivity contribution in [1.29, 1.82) is 0 Å². The Morgan fingerprint density at radius 3 is 2.77 bits per heavy atom. The first-order valence-electron chi connectivity index (χ1n) is 7.03. The van der Waals surface area contributed by atoms with E-state index in [2.05, 4.69) is 4.98 Å². The molecule has 0 bridgehead atoms. The van der Waals surface area contributed by atoms with Crippen molar-refractivity contribution in [3.63, 3.8) is 0 Å². The van der Waals surface area contributed by atoms with Crippen molar-refractivity contribution >= 4 is 17.1 Å². The van der Waals surface area contributed by atoms with E-state index >= 15 is 0 Å². The van der Waals surface area contributed by atoms with Crippen molar-refractivity contribution < 1.29 is 19.1 Å². The average Bonchev–Trinajstić information content (AvgIpc) is 2.95.